The van der Waals surface area contributed by atoms with Crippen LogP contribution in [0.2, 0.25) is 0 Å². The maximum absolute atomic E-state index is 12.4. The number of thiazole rings is 1. The Morgan fingerprint density at radius 3 is 2.86 bits per heavy atom. The quantitative estimate of drug-likeness (QED) is 0.736. The molecule has 1 N–H and O–H groups in total. The van der Waals surface area contributed by atoms with Crippen molar-refractivity contribution < 1.29 is 19.1 Å². The summed E-state index contributed by atoms with van der Waals surface area (Å²) in [6.45, 7) is 2.21. The molecule has 0 saturated carbocycles. The molecule has 0 radical (unpaired) electrons. The van der Waals surface area contributed by atoms with E-state index in [4.69, 9.17) is 4.74 Å². The van der Waals surface area contributed by atoms with Crippen LogP contribution in [0.15, 0.2) is 23.6 Å². The van der Waals surface area contributed by atoms with Gasteiger partial charge in [-0.25, -0.2) is 4.98 Å². The predicted octanol–water partition coefficient (Wildman–Crippen LogP) is 2.87. The highest BCUT2D eigenvalue weighted by atomic mass is 32.1. The molecular formula is C21H23N3O4S. The van der Waals surface area contributed by atoms with Gasteiger partial charge in [-0.1, -0.05) is 6.07 Å². The number of benzene rings is 1. The summed E-state index contributed by atoms with van der Waals surface area (Å²) < 4.78 is 5.27. The lowest BCUT2D eigenvalue weighted by Gasteiger charge is -2.14. The summed E-state index contributed by atoms with van der Waals surface area (Å²) in [5.74, 6) is -0.825. The van der Waals surface area contributed by atoms with E-state index >= 15 is 0 Å². The Labute approximate surface area is 173 Å². The van der Waals surface area contributed by atoms with E-state index in [1.54, 1.807) is 17.2 Å². The third-order valence-corrected chi connectivity index (χ3v) is 6.13. The highest BCUT2D eigenvalue weighted by Gasteiger charge is 2.25. The number of aromatic nitrogens is 1. The van der Waals surface area contributed by atoms with Gasteiger partial charge in [0.15, 0.2) is 11.2 Å². The largest absolute Gasteiger partial charge is 0.452 e. The SMILES string of the molecule is C[C@H](OC(=O)Cc1csc(N2CCCC2=O)n1)C(=O)Nc1ccc2c(c1)CCC2. The first-order valence-electron chi connectivity index (χ1n) is 9.86. The van der Waals surface area contributed by atoms with Crippen molar-refractivity contribution in [2.75, 3.05) is 16.8 Å². The molecule has 0 spiro atoms. The molecule has 8 heteroatoms. The molecule has 2 heterocycles. The van der Waals surface area contributed by atoms with Gasteiger partial charge in [0.1, 0.15) is 0 Å². The number of aryl methyl sites for hydroxylation is 2. The minimum absolute atomic E-state index is 0.0327. The molecule has 1 fully saturated rings. The second kappa shape index (κ2) is 8.32. The van der Waals surface area contributed by atoms with E-state index in [9.17, 15) is 14.4 Å². The zero-order valence-corrected chi connectivity index (χ0v) is 17.1. The van der Waals surface area contributed by atoms with Crippen LogP contribution < -0.4 is 10.2 Å². The van der Waals surface area contributed by atoms with E-state index < -0.39 is 12.1 Å². The predicted molar refractivity (Wildman–Crippen MR) is 110 cm³/mol. The topological polar surface area (TPSA) is 88.6 Å². The first kappa shape index (κ1) is 19.6. The minimum Gasteiger partial charge on any atom is -0.452 e. The van der Waals surface area contributed by atoms with Crippen LogP contribution in [0.25, 0.3) is 0 Å². The monoisotopic (exact) mass is 413 g/mol. The van der Waals surface area contributed by atoms with Crippen molar-refractivity contribution >= 4 is 39.9 Å². The van der Waals surface area contributed by atoms with Gasteiger partial charge >= 0.3 is 5.97 Å². The number of nitrogens with one attached hydrogen (secondary N) is 1. The van der Waals surface area contributed by atoms with E-state index in [-0.39, 0.29) is 18.2 Å². The molecule has 1 aromatic carbocycles. The van der Waals surface area contributed by atoms with Gasteiger partial charge in [0.2, 0.25) is 5.91 Å². The number of ether oxygens (including phenoxy) is 1. The standard InChI is InChI=1S/C21H23N3O4S/c1-13(20(27)22-16-8-7-14-4-2-5-15(14)10-16)28-19(26)11-17-12-29-21(23-17)24-9-3-6-18(24)25/h7-8,10,12-13H,2-6,9,11H2,1H3,(H,22,27)/t13-/m0/s1. The molecular weight excluding hydrogens is 390 g/mol. The Bertz CT molecular complexity index is 955. The van der Waals surface area contributed by atoms with Crippen molar-refractivity contribution in [1.82, 2.24) is 4.98 Å². The number of carbonyl (C=O) groups is 3. The fourth-order valence-electron chi connectivity index (χ4n) is 3.69. The average Bonchev–Trinajstić information content (AvgIpc) is 3.41. The third kappa shape index (κ3) is 4.48. The van der Waals surface area contributed by atoms with Gasteiger partial charge in [0.25, 0.3) is 5.91 Å². The van der Waals surface area contributed by atoms with Crippen LogP contribution in [0.4, 0.5) is 10.8 Å². The Kier molecular flexibility index (Phi) is 5.62. The summed E-state index contributed by atoms with van der Waals surface area (Å²) in [6.07, 6.45) is 3.68. The normalized spacial score (nSPS) is 16.6. The smallest absolute Gasteiger partial charge is 0.312 e. The van der Waals surface area contributed by atoms with Crippen molar-refractivity contribution in [1.29, 1.82) is 0 Å². The van der Waals surface area contributed by atoms with Gasteiger partial charge in [-0.15, -0.1) is 11.3 Å². The lowest BCUT2D eigenvalue weighted by atomic mass is 10.1. The Balaban J connectivity index is 1.29. The summed E-state index contributed by atoms with van der Waals surface area (Å²) in [6, 6.07) is 5.91. The molecule has 1 aliphatic carbocycles. The van der Waals surface area contributed by atoms with Crippen LogP contribution in [0.5, 0.6) is 0 Å². The van der Waals surface area contributed by atoms with Crippen molar-refractivity contribution in [3.63, 3.8) is 0 Å². The second-order valence-electron chi connectivity index (χ2n) is 7.41. The first-order valence-corrected chi connectivity index (χ1v) is 10.7. The van der Waals surface area contributed by atoms with Crippen LogP contribution in [0.3, 0.4) is 0 Å². The molecule has 1 atom stereocenters. The number of carbonyl (C=O) groups excluding carboxylic acids is 3. The van der Waals surface area contributed by atoms with Gasteiger partial charge in [-0.05, 0) is 55.9 Å². The van der Waals surface area contributed by atoms with Gasteiger partial charge in [0, 0.05) is 24.0 Å². The van der Waals surface area contributed by atoms with E-state index in [1.807, 2.05) is 18.2 Å². The molecule has 0 bridgehead atoms. The molecule has 29 heavy (non-hydrogen) atoms. The molecule has 1 saturated heterocycles. The molecule has 1 aromatic heterocycles. The molecule has 2 aliphatic rings. The summed E-state index contributed by atoms with van der Waals surface area (Å²) in [5.41, 5.74) is 3.86. The molecule has 2 amide bonds. The van der Waals surface area contributed by atoms with E-state index in [0.717, 1.165) is 31.4 Å². The summed E-state index contributed by atoms with van der Waals surface area (Å²) in [4.78, 5) is 42.4. The van der Waals surface area contributed by atoms with Gasteiger partial charge < -0.3 is 10.1 Å². The van der Waals surface area contributed by atoms with Crippen molar-refractivity contribution in [3.05, 3.63) is 40.4 Å². The number of nitrogens with zero attached hydrogens (tertiary/aromatic N) is 2. The van der Waals surface area contributed by atoms with Gasteiger partial charge in [-0.2, -0.15) is 0 Å². The fraction of sp³-hybridized carbons (Fsp3) is 0.429. The third-order valence-electron chi connectivity index (χ3n) is 5.21. The molecule has 2 aromatic rings. The van der Waals surface area contributed by atoms with Crippen molar-refractivity contribution in [2.45, 2.75) is 51.6 Å². The second-order valence-corrected chi connectivity index (χ2v) is 8.24. The molecule has 152 valence electrons. The number of amides is 2. The maximum atomic E-state index is 12.4. The van der Waals surface area contributed by atoms with Crippen LogP contribution in [0.1, 0.15) is 43.0 Å². The molecule has 4 rings (SSSR count). The maximum Gasteiger partial charge on any atom is 0.312 e. The number of rotatable bonds is 6. The van der Waals surface area contributed by atoms with Crippen LogP contribution in [-0.4, -0.2) is 35.4 Å². The molecule has 1 aliphatic heterocycles. The first-order chi connectivity index (χ1) is 14.0. The van der Waals surface area contributed by atoms with Crippen molar-refractivity contribution in [3.8, 4) is 0 Å². The zero-order valence-electron chi connectivity index (χ0n) is 16.3. The van der Waals surface area contributed by atoms with Gasteiger partial charge in [-0.3, -0.25) is 19.3 Å². The van der Waals surface area contributed by atoms with E-state index in [2.05, 4.69) is 10.3 Å². The minimum atomic E-state index is -0.908. The summed E-state index contributed by atoms with van der Waals surface area (Å²) in [7, 11) is 0. The number of fused-ring (bicyclic) bond motifs is 1. The number of esters is 1. The Morgan fingerprint density at radius 1 is 1.24 bits per heavy atom. The Hall–Kier alpha value is -2.74. The lowest BCUT2D eigenvalue weighted by molar-refractivity contribution is -0.152. The lowest BCUT2D eigenvalue weighted by Crippen LogP contribution is -2.30. The number of anilines is 2. The molecule has 7 nitrogen and oxygen atoms in total. The van der Waals surface area contributed by atoms with E-state index in [0.29, 0.717) is 23.8 Å². The number of hydrogen-bond acceptors (Lipinski definition) is 6. The van der Waals surface area contributed by atoms with Crippen molar-refractivity contribution in [2.24, 2.45) is 0 Å². The fourth-order valence-corrected chi connectivity index (χ4v) is 4.55. The van der Waals surface area contributed by atoms with Gasteiger partial charge in [0.05, 0.1) is 12.1 Å². The highest BCUT2D eigenvalue weighted by Crippen LogP contribution is 2.26. The van der Waals surface area contributed by atoms with E-state index in [1.165, 1.54) is 22.5 Å². The van der Waals surface area contributed by atoms with Crippen LogP contribution >= 0.6 is 11.3 Å². The molecule has 0 unspecified atom stereocenters. The highest BCUT2D eigenvalue weighted by molar-refractivity contribution is 7.14. The van der Waals surface area contributed by atoms with Crippen LogP contribution in [0, 0.1) is 0 Å². The average molecular weight is 413 g/mol. The Morgan fingerprint density at radius 2 is 2.07 bits per heavy atom. The summed E-state index contributed by atoms with van der Waals surface area (Å²) >= 11 is 1.34. The zero-order chi connectivity index (χ0) is 20.4. The summed E-state index contributed by atoms with van der Waals surface area (Å²) in [5, 5.41) is 5.17. The van der Waals surface area contributed by atoms with Crippen LogP contribution in [-0.2, 0) is 38.4 Å². The number of hydrogen-bond donors (Lipinski definition) is 1.